The molecule has 25 heavy (non-hydrogen) atoms. The zero-order valence-corrected chi connectivity index (χ0v) is 14.4. The summed E-state index contributed by atoms with van der Waals surface area (Å²) in [5.41, 5.74) is 1.85. The van der Waals surface area contributed by atoms with E-state index in [1.54, 1.807) is 0 Å². The first-order chi connectivity index (χ1) is 12.2. The van der Waals surface area contributed by atoms with E-state index in [2.05, 4.69) is 15.6 Å². The maximum atomic E-state index is 11.9. The summed E-state index contributed by atoms with van der Waals surface area (Å²) in [5, 5.41) is 5.65. The van der Waals surface area contributed by atoms with Gasteiger partial charge >= 0.3 is 6.03 Å². The number of likely N-dealkylation sites (tertiary alicyclic amines) is 1. The molecular formula is C18H25N5O2. The Hall–Kier alpha value is -2.57. The molecule has 0 saturated carbocycles. The van der Waals surface area contributed by atoms with Crippen LogP contribution in [0.4, 0.5) is 4.79 Å². The Morgan fingerprint density at radius 3 is 2.92 bits per heavy atom. The van der Waals surface area contributed by atoms with Gasteiger partial charge < -0.3 is 19.9 Å². The number of pyridine rings is 1. The van der Waals surface area contributed by atoms with Crippen molar-refractivity contribution in [3.05, 3.63) is 36.3 Å². The largest absolute Gasteiger partial charge is 0.341 e. The van der Waals surface area contributed by atoms with Gasteiger partial charge in [-0.15, -0.1) is 0 Å². The van der Waals surface area contributed by atoms with Gasteiger partial charge in [0.05, 0.1) is 5.69 Å². The normalized spacial score (nSPS) is 15.2. The smallest absolute Gasteiger partial charge is 0.314 e. The van der Waals surface area contributed by atoms with E-state index in [0.717, 1.165) is 37.1 Å². The number of aromatic nitrogens is 2. The molecule has 0 aromatic carbocycles. The highest BCUT2D eigenvalue weighted by Crippen LogP contribution is 2.10. The number of nitrogens with one attached hydrogen (secondary N) is 2. The average molecular weight is 343 g/mol. The maximum Gasteiger partial charge on any atom is 0.314 e. The molecule has 1 aliphatic rings. The van der Waals surface area contributed by atoms with Crippen LogP contribution in [-0.4, -0.2) is 52.4 Å². The van der Waals surface area contributed by atoms with E-state index in [9.17, 15) is 9.59 Å². The Balaban J connectivity index is 1.34. The van der Waals surface area contributed by atoms with Crippen molar-refractivity contribution in [2.45, 2.75) is 32.1 Å². The molecule has 3 amide bonds. The Bertz CT molecular complexity index is 694. The first-order valence-corrected chi connectivity index (χ1v) is 8.94. The van der Waals surface area contributed by atoms with Gasteiger partial charge in [-0.2, -0.15) is 0 Å². The van der Waals surface area contributed by atoms with Gasteiger partial charge in [0, 0.05) is 51.4 Å². The fourth-order valence-electron chi connectivity index (χ4n) is 3.05. The summed E-state index contributed by atoms with van der Waals surface area (Å²) in [4.78, 5) is 30.1. The molecule has 134 valence electrons. The molecule has 1 fully saturated rings. The van der Waals surface area contributed by atoms with Gasteiger partial charge in [0.15, 0.2) is 0 Å². The molecule has 1 saturated heterocycles. The lowest BCUT2D eigenvalue weighted by atomic mass is 10.2. The summed E-state index contributed by atoms with van der Waals surface area (Å²) in [6, 6.07) is 5.66. The molecule has 1 aliphatic heterocycles. The Morgan fingerprint density at radius 2 is 2.04 bits per heavy atom. The first kappa shape index (κ1) is 17.3. The fraction of sp³-hybridized carbons (Fsp3) is 0.500. The van der Waals surface area contributed by atoms with Crippen LogP contribution in [-0.2, 0) is 11.2 Å². The van der Waals surface area contributed by atoms with Gasteiger partial charge in [0.1, 0.15) is 5.65 Å². The minimum Gasteiger partial charge on any atom is -0.341 e. The molecule has 3 heterocycles. The summed E-state index contributed by atoms with van der Waals surface area (Å²) in [7, 11) is 0. The van der Waals surface area contributed by atoms with E-state index in [0.29, 0.717) is 32.5 Å². The number of amides is 3. The molecule has 7 nitrogen and oxygen atoms in total. The number of fused-ring (bicyclic) bond motifs is 1. The van der Waals surface area contributed by atoms with E-state index in [1.165, 1.54) is 0 Å². The highest BCUT2D eigenvalue weighted by molar-refractivity contribution is 5.76. The lowest BCUT2D eigenvalue weighted by molar-refractivity contribution is -0.130. The van der Waals surface area contributed by atoms with Crippen LogP contribution in [0.15, 0.2) is 30.6 Å². The molecule has 2 aromatic rings. The van der Waals surface area contributed by atoms with E-state index >= 15 is 0 Å². The number of urea groups is 1. The van der Waals surface area contributed by atoms with Crippen molar-refractivity contribution in [1.82, 2.24) is 24.9 Å². The van der Waals surface area contributed by atoms with E-state index in [-0.39, 0.29) is 11.9 Å². The molecule has 0 bridgehead atoms. The van der Waals surface area contributed by atoms with Crippen molar-refractivity contribution in [3.63, 3.8) is 0 Å². The predicted molar refractivity (Wildman–Crippen MR) is 95.3 cm³/mol. The zero-order chi connectivity index (χ0) is 17.5. The number of nitrogens with zero attached hydrogens (tertiary/aromatic N) is 3. The number of hydrogen-bond donors (Lipinski definition) is 2. The predicted octanol–water partition coefficient (Wildman–Crippen LogP) is 1.58. The van der Waals surface area contributed by atoms with Crippen molar-refractivity contribution in [1.29, 1.82) is 0 Å². The lowest BCUT2D eigenvalue weighted by Crippen LogP contribution is -2.42. The number of imidazole rings is 1. The van der Waals surface area contributed by atoms with Crippen molar-refractivity contribution in [2.75, 3.05) is 26.2 Å². The second kappa shape index (κ2) is 8.50. The Morgan fingerprint density at radius 1 is 1.16 bits per heavy atom. The summed E-state index contributed by atoms with van der Waals surface area (Å²) in [6.07, 6.45) is 8.38. The standard InChI is InChI=1S/C18H25N5O2/c24-17-7-2-1-4-11-22(17)13-10-20-18(25)19-9-8-15-14-23-12-5-3-6-16(23)21-15/h3,5-6,12,14H,1-2,4,7-11,13H2,(H2,19,20,25). The Labute approximate surface area is 147 Å². The molecule has 2 N–H and O–H groups in total. The SMILES string of the molecule is O=C(NCCc1cn2ccccc2n1)NCCN1CCCCCC1=O. The van der Waals surface area contributed by atoms with Crippen molar-refractivity contribution in [3.8, 4) is 0 Å². The van der Waals surface area contributed by atoms with Gasteiger partial charge in [-0.25, -0.2) is 9.78 Å². The van der Waals surface area contributed by atoms with Crippen LogP contribution in [0.5, 0.6) is 0 Å². The second-order valence-electron chi connectivity index (χ2n) is 6.32. The van der Waals surface area contributed by atoms with Crippen molar-refractivity contribution >= 4 is 17.6 Å². The van der Waals surface area contributed by atoms with Gasteiger partial charge in [-0.1, -0.05) is 12.5 Å². The van der Waals surface area contributed by atoms with E-state index < -0.39 is 0 Å². The van der Waals surface area contributed by atoms with Gasteiger partial charge in [0.2, 0.25) is 5.91 Å². The maximum absolute atomic E-state index is 11.9. The van der Waals surface area contributed by atoms with E-state index in [4.69, 9.17) is 0 Å². The summed E-state index contributed by atoms with van der Waals surface area (Å²) < 4.78 is 1.97. The average Bonchev–Trinajstić information content (AvgIpc) is 2.91. The van der Waals surface area contributed by atoms with Crippen LogP contribution >= 0.6 is 0 Å². The quantitative estimate of drug-likeness (QED) is 0.836. The summed E-state index contributed by atoms with van der Waals surface area (Å²) in [5.74, 6) is 0.201. The molecule has 0 atom stereocenters. The van der Waals surface area contributed by atoms with E-state index in [1.807, 2.05) is 39.9 Å². The van der Waals surface area contributed by atoms with Crippen LogP contribution < -0.4 is 10.6 Å². The fourth-order valence-corrected chi connectivity index (χ4v) is 3.05. The first-order valence-electron chi connectivity index (χ1n) is 8.94. The number of rotatable bonds is 6. The summed E-state index contributed by atoms with van der Waals surface area (Å²) in [6.45, 7) is 2.39. The molecule has 0 radical (unpaired) electrons. The van der Waals surface area contributed by atoms with Crippen LogP contribution in [0.2, 0.25) is 0 Å². The van der Waals surface area contributed by atoms with Crippen LogP contribution in [0.3, 0.4) is 0 Å². The monoisotopic (exact) mass is 343 g/mol. The minimum atomic E-state index is -0.203. The van der Waals surface area contributed by atoms with Gasteiger partial charge in [-0.3, -0.25) is 4.79 Å². The molecule has 0 spiro atoms. The number of hydrogen-bond acceptors (Lipinski definition) is 3. The van der Waals surface area contributed by atoms with Gasteiger partial charge in [0.25, 0.3) is 0 Å². The third-order valence-corrected chi connectivity index (χ3v) is 4.42. The number of carbonyl (C=O) groups excluding carboxylic acids is 2. The number of carbonyl (C=O) groups is 2. The molecule has 0 aliphatic carbocycles. The third-order valence-electron chi connectivity index (χ3n) is 4.42. The molecule has 3 rings (SSSR count). The Kier molecular flexibility index (Phi) is 5.87. The van der Waals surface area contributed by atoms with Crippen molar-refractivity contribution in [2.24, 2.45) is 0 Å². The topological polar surface area (TPSA) is 78.7 Å². The highest BCUT2D eigenvalue weighted by atomic mass is 16.2. The second-order valence-corrected chi connectivity index (χ2v) is 6.32. The van der Waals surface area contributed by atoms with Crippen LogP contribution in [0, 0.1) is 0 Å². The highest BCUT2D eigenvalue weighted by Gasteiger charge is 2.16. The van der Waals surface area contributed by atoms with Gasteiger partial charge in [-0.05, 0) is 25.0 Å². The minimum absolute atomic E-state index is 0.201. The van der Waals surface area contributed by atoms with Crippen molar-refractivity contribution < 1.29 is 9.59 Å². The molecule has 2 aromatic heterocycles. The molecule has 0 unspecified atom stereocenters. The molecule has 7 heteroatoms. The third kappa shape index (κ3) is 4.95. The molecular weight excluding hydrogens is 318 g/mol. The van der Waals surface area contributed by atoms with Crippen LogP contribution in [0.1, 0.15) is 31.4 Å². The summed E-state index contributed by atoms with van der Waals surface area (Å²) >= 11 is 0. The van der Waals surface area contributed by atoms with Crippen LogP contribution in [0.25, 0.3) is 5.65 Å². The lowest BCUT2D eigenvalue weighted by Gasteiger charge is -2.20. The zero-order valence-electron chi connectivity index (χ0n) is 14.4.